The van der Waals surface area contributed by atoms with Crippen molar-refractivity contribution in [1.29, 1.82) is 0 Å². The van der Waals surface area contributed by atoms with Crippen LogP contribution in [0.4, 0.5) is 5.69 Å². The van der Waals surface area contributed by atoms with Gasteiger partial charge in [-0.25, -0.2) is 4.79 Å². The Hall–Kier alpha value is -3.22. The largest absolute Gasteiger partial charge is 0.331 e. The SMILES string of the molecule is CCc1cc(NC(=O)Cn2ccc(=O)n(C)c2=O)c2ccccc2n1. The number of hydrogen-bond donors (Lipinski definition) is 1. The highest BCUT2D eigenvalue weighted by Gasteiger charge is 2.10. The van der Waals surface area contributed by atoms with Gasteiger partial charge in [0.15, 0.2) is 0 Å². The molecule has 2 aromatic heterocycles. The number of fused-ring (bicyclic) bond motifs is 1. The summed E-state index contributed by atoms with van der Waals surface area (Å²) in [4.78, 5) is 40.4. The summed E-state index contributed by atoms with van der Waals surface area (Å²) in [6.45, 7) is 1.82. The monoisotopic (exact) mass is 338 g/mol. The lowest BCUT2D eigenvalue weighted by atomic mass is 10.1. The standard InChI is InChI=1S/C18H18N4O3/c1-3-12-10-15(13-6-4-5-7-14(13)19-12)20-16(23)11-22-9-8-17(24)21(2)18(22)25/h4-10H,3,11H2,1-2H3,(H,19,20,23). The minimum Gasteiger partial charge on any atom is -0.324 e. The van der Waals surface area contributed by atoms with Crippen molar-refractivity contribution in [2.24, 2.45) is 7.05 Å². The van der Waals surface area contributed by atoms with E-state index in [-0.39, 0.29) is 12.5 Å². The summed E-state index contributed by atoms with van der Waals surface area (Å²) in [6, 6.07) is 10.6. The number of nitrogens with zero attached hydrogens (tertiary/aromatic N) is 3. The quantitative estimate of drug-likeness (QED) is 0.777. The normalized spacial score (nSPS) is 10.8. The first-order valence-corrected chi connectivity index (χ1v) is 7.94. The lowest BCUT2D eigenvalue weighted by Gasteiger charge is -2.11. The van der Waals surface area contributed by atoms with E-state index < -0.39 is 11.2 Å². The highest BCUT2D eigenvalue weighted by atomic mass is 16.2. The van der Waals surface area contributed by atoms with E-state index in [1.807, 2.05) is 37.3 Å². The molecule has 25 heavy (non-hydrogen) atoms. The second-order valence-corrected chi connectivity index (χ2v) is 5.70. The van der Waals surface area contributed by atoms with Crippen LogP contribution in [-0.2, 0) is 24.8 Å². The first-order chi connectivity index (χ1) is 12.0. The maximum atomic E-state index is 12.4. The summed E-state index contributed by atoms with van der Waals surface area (Å²) in [5.41, 5.74) is 1.39. The molecule has 0 bridgehead atoms. The van der Waals surface area contributed by atoms with Gasteiger partial charge in [-0.3, -0.25) is 23.7 Å². The van der Waals surface area contributed by atoms with E-state index in [1.165, 1.54) is 23.9 Å². The summed E-state index contributed by atoms with van der Waals surface area (Å²) < 4.78 is 2.16. The second-order valence-electron chi connectivity index (χ2n) is 5.70. The van der Waals surface area contributed by atoms with Crippen molar-refractivity contribution in [2.75, 3.05) is 5.32 Å². The van der Waals surface area contributed by atoms with Gasteiger partial charge < -0.3 is 5.32 Å². The van der Waals surface area contributed by atoms with Gasteiger partial charge in [0.25, 0.3) is 5.56 Å². The van der Waals surface area contributed by atoms with E-state index >= 15 is 0 Å². The molecule has 1 aromatic carbocycles. The fourth-order valence-electron chi connectivity index (χ4n) is 2.60. The number of carbonyl (C=O) groups is 1. The van der Waals surface area contributed by atoms with Gasteiger partial charge in [0.2, 0.25) is 5.91 Å². The van der Waals surface area contributed by atoms with Crippen molar-refractivity contribution in [3.63, 3.8) is 0 Å². The summed E-state index contributed by atoms with van der Waals surface area (Å²) in [7, 11) is 1.38. The van der Waals surface area contributed by atoms with Crippen LogP contribution >= 0.6 is 0 Å². The number of aryl methyl sites for hydroxylation is 1. The minimum atomic E-state index is -0.531. The molecule has 2 heterocycles. The van der Waals surface area contributed by atoms with Crippen LogP contribution in [0, 0.1) is 0 Å². The van der Waals surface area contributed by atoms with Gasteiger partial charge >= 0.3 is 5.69 Å². The summed E-state index contributed by atoms with van der Waals surface area (Å²) in [5.74, 6) is -0.348. The molecule has 0 fully saturated rings. The molecule has 0 saturated heterocycles. The zero-order chi connectivity index (χ0) is 18.0. The molecule has 0 aliphatic heterocycles. The number of carbonyl (C=O) groups excluding carboxylic acids is 1. The van der Waals surface area contributed by atoms with Crippen molar-refractivity contribution in [2.45, 2.75) is 19.9 Å². The van der Waals surface area contributed by atoms with Gasteiger partial charge in [-0.15, -0.1) is 0 Å². The van der Waals surface area contributed by atoms with Crippen molar-refractivity contribution >= 4 is 22.5 Å². The van der Waals surface area contributed by atoms with Crippen LogP contribution in [0.1, 0.15) is 12.6 Å². The molecule has 0 unspecified atom stereocenters. The number of anilines is 1. The summed E-state index contributed by atoms with van der Waals surface area (Å²) >= 11 is 0. The van der Waals surface area contributed by atoms with Crippen LogP contribution in [0.5, 0.6) is 0 Å². The van der Waals surface area contributed by atoms with Gasteiger partial charge in [0.05, 0.1) is 11.2 Å². The van der Waals surface area contributed by atoms with Crippen LogP contribution in [0.15, 0.2) is 52.2 Å². The maximum absolute atomic E-state index is 12.4. The number of amides is 1. The third-order valence-electron chi connectivity index (χ3n) is 3.98. The van der Waals surface area contributed by atoms with Crippen molar-refractivity contribution in [3.05, 3.63) is 69.1 Å². The molecule has 0 saturated carbocycles. The molecule has 0 aliphatic carbocycles. The van der Waals surface area contributed by atoms with Crippen LogP contribution < -0.4 is 16.6 Å². The van der Waals surface area contributed by atoms with E-state index in [2.05, 4.69) is 10.3 Å². The third kappa shape index (κ3) is 3.35. The van der Waals surface area contributed by atoms with E-state index in [4.69, 9.17) is 0 Å². The van der Waals surface area contributed by atoms with Gasteiger partial charge in [0, 0.05) is 30.4 Å². The van der Waals surface area contributed by atoms with Crippen LogP contribution in [0.2, 0.25) is 0 Å². The molecule has 0 atom stereocenters. The highest BCUT2D eigenvalue weighted by molar-refractivity contribution is 6.00. The van der Waals surface area contributed by atoms with Crippen molar-refractivity contribution in [3.8, 4) is 0 Å². The van der Waals surface area contributed by atoms with E-state index in [0.717, 1.165) is 27.6 Å². The van der Waals surface area contributed by atoms with Crippen LogP contribution in [0.25, 0.3) is 10.9 Å². The van der Waals surface area contributed by atoms with Crippen LogP contribution in [-0.4, -0.2) is 20.0 Å². The van der Waals surface area contributed by atoms with Gasteiger partial charge in [-0.05, 0) is 18.6 Å². The lowest BCUT2D eigenvalue weighted by molar-refractivity contribution is -0.116. The van der Waals surface area contributed by atoms with Gasteiger partial charge in [0.1, 0.15) is 6.54 Å². The minimum absolute atomic E-state index is 0.176. The Morgan fingerprint density at radius 1 is 1.20 bits per heavy atom. The smallest absolute Gasteiger partial charge is 0.324 e. The number of nitrogens with one attached hydrogen (secondary N) is 1. The fourth-order valence-corrected chi connectivity index (χ4v) is 2.60. The molecular weight excluding hydrogens is 320 g/mol. The Kier molecular flexibility index (Phi) is 4.47. The van der Waals surface area contributed by atoms with Crippen LogP contribution in [0.3, 0.4) is 0 Å². The van der Waals surface area contributed by atoms with Gasteiger partial charge in [-0.1, -0.05) is 25.1 Å². The zero-order valence-corrected chi connectivity index (χ0v) is 14.0. The Morgan fingerprint density at radius 3 is 2.72 bits per heavy atom. The molecule has 1 N–H and O–H groups in total. The lowest BCUT2D eigenvalue weighted by Crippen LogP contribution is -2.38. The molecule has 1 amide bonds. The van der Waals surface area contributed by atoms with E-state index in [9.17, 15) is 14.4 Å². The predicted molar refractivity (Wildman–Crippen MR) is 95.7 cm³/mol. The Balaban J connectivity index is 1.91. The van der Waals surface area contributed by atoms with Crippen molar-refractivity contribution < 1.29 is 4.79 Å². The Labute approximate surface area is 143 Å². The fraction of sp³-hybridized carbons (Fsp3) is 0.222. The number of pyridine rings is 1. The highest BCUT2D eigenvalue weighted by Crippen LogP contribution is 2.23. The number of aromatic nitrogens is 3. The Bertz CT molecular complexity index is 1070. The number of benzene rings is 1. The zero-order valence-electron chi connectivity index (χ0n) is 14.0. The number of rotatable bonds is 4. The topological polar surface area (TPSA) is 86.0 Å². The summed E-state index contributed by atoms with van der Waals surface area (Å²) in [6.07, 6.45) is 2.07. The van der Waals surface area contributed by atoms with Gasteiger partial charge in [-0.2, -0.15) is 0 Å². The van der Waals surface area contributed by atoms with Crippen molar-refractivity contribution in [1.82, 2.24) is 14.1 Å². The molecule has 128 valence electrons. The average Bonchev–Trinajstić information content (AvgIpc) is 2.62. The first kappa shape index (κ1) is 16.6. The molecule has 0 radical (unpaired) electrons. The molecule has 7 nitrogen and oxygen atoms in total. The summed E-state index contributed by atoms with van der Waals surface area (Å²) in [5, 5.41) is 3.68. The molecule has 3 aromatic rings. The van der Waals surface area contributed by atoms with E-state index in [0.29, 0.717) is 5.69 Å². The van der Waals surface area contributed by atoms with E-state index in [1.54, 1.807) is 0 Å². The first-order valence-electron chi connectivity index (χ1n) is 7.94. The maximum Gasteiger partial charge on any atom is 0.331 e. The molecule has 7 heteroatoms. The third-order valence-corrected chi connectivity index (χ3v) is 3.98. The Morgan fingerprint density at radius 2 is 1.96 bits per heavy atom. The predicted octanol–water partition coefficient (Wildman–Crippen LogP) is 1.30. The second kappa shape index (κ2) is 6.72. The molecule has 3 rings (SSSR count). The molecule has 0 aliphatic rings. The molecule has 0 spiro atoms. The number of para-hydroxylation sites is 1. The average molecular weight is 338 g/mol. The number of hydrogen-bond acceptors (Lipinski definition) is 4. The molecular formula is C18H18N4O3.